The van der Waals surface area contributed by atoms with E-state index in [4.69, 9.17) is 14.6 Å². The number of aliphatic carboxylic acids is 1. The molecular formula is C10H16O6. The van der Waals surface area contributed by atoms with E-state index in [0.29, 0.717) is 12.8 Å². The molecular weight excluding hydrogens is 216 g/mol. The van der Waals surface area contributed by atoms with E-state index in [1.54, 1.807) is 0 Å². The first-order valence-electron chi connectivity index (χ1n) is 5.01. The van der Waals surface area contributed by atoms with Crippen LogP contribution in [-0.4, -0.2) is 44.2 Å². The summed E-state index contributed by atoms with van der Waals surface area (Å²) in [6.45, 7) is 0.102. The highest BCUT2D eigenvalue weighted by atomic mass is 16.7. The molecule has 1 rings (SSSR count). The first-order chi connectivity index (χ1) is 7.60. The van der Waals surface area contributed by atoms with Gasteiger partial charge in [-0.3, -0.25) is 9.59 Å². The van der Waals surface area contributed by atoms with E-state index < -0.39 is 23.8 Å². The van der Waals surface area contributed by atoms with Crippen molar-refractivity contribution in [1.82, 2.24) is 0 Å². The van der Waals surface area contributed by atoms with Gasteiger partial charge in [-0.05, 0) is 12.8 Å². The Labute approximate surface area is 93.5 Å². The summed E-state index contributed by atoms with van der Waals surface area (Å²) in [7, 11) is 2.74. The Bertz CT molecular complexity index is 264. The van der Waals surface area contributed by atoms with E-state index in [-0.39, 0.29) is 12.9 Å². The third-order valence-corrected chi connectivity index (χ3v) is 2.76. The Morgan fingerprint density at radius 3 is 2.38 bits per heavy atom. The van der Waals surface area contributed by atoms with E-state index in [1.807, 2.05) is 0 Å². The predicted molar refractivity (Wildman–Crippen MR) is 52.6 cm³/mol. The summed E-state index contributed by atoms with van der Waals surface area (Å²) in [5, 5.41) is 8.98. The molecule has 6 nitrogen and oxygen atoms in total. The number of carboxylic acid groups (broad SMARTS) is 1. The molecule has 0 bridgehead atoms. The highest BCUT2D eigenvalue weighted by Crippen LogP contribution is 2.34. The van der Waals surface area contributed by atoms with Crippen molar-refractivity contribution >= 4 is 11.9 Å². The van der Waals surface area contributed by atoms with Crippen molar-refractivity contribution in [3.63, 3.8) is 0 Å². The van der Waals surface area contributed by atoms with E-state index in [1.165, 1.54) is 14.2 Å². The zero-order valence-corrected chi connectivity index (χ0v) is 9.34. The van der Waals surface area contributed by atoms with E-state index in [9.17, 15) is 9.59 Å². The van der Waals surface area contributed by atoms with Crippen LogP contribution in [0.2, 0.25) is 0 Å². The first-order valence-corrected chi connectivity index (χ1v) is 5.01. The molecule has 0 unspecified atom stereocenters. The lowest BCUT2D eigenvalue weighted by Crippen LogP contribution is -2.26. The van der Waals surface area contributed by atoms with Gasteiger partial charge in [-0.2, -0.15) is 0 Å². The van der Waals surface area contributed by atoms with Crippen LogP contribution in [0.25, 0.3) is 0 Å². The van der Waals surface area contributed by atoms with Crippen LogP contribution in [0.3, 0.4) is 0 Å². The number of esters is 1. The highest BCUT2D eigenvalue weighted by Gasteiger charge is 2.44. The van der Waals surface area contributed by atoms with Crippen molar-refractivity contribution in [1.29, 1.82) is 0 Å². The van der Waals surface area contributed by atoms with Crippen LogP contribution < -0.4 is 0 Å². The zero-order chi connectivity index (χ0) is 12.1. The van der Waals surface area contributed by atoms with E-state index in [0.717, 1.165) is 0 Å². The number of hydrogen-bond donors (Lipinski definition) is 1. The summed E-state index contributed by atoms with van der Waals surface area (Å²) >= 11 is 0. The predicted octanol–water partition coefficient (Wildman–Crippen LogP) is 0.259. The third-order valence-electron chi connectivity index (χ3n) is 2.76. The summed E-state index contributed by atoms with van der Waals surface area (Å²) in [4.78, 5) is 22.3. The van der Waals surface area contributed by atoms with Gasteiger partial charge in [0.05, 0.1) is 25.0 Å². The normalized spacial score (nSPS) is 29.0. The monoisotopic (exact) mass is 232 g/mol. The molecule has 1 aliphatic carbocycles. The van der Waals surface area contributed by atoms with Crippen LogP contribution in [0.15, 0.2) is 0 Å². The van der Waals surface area contributed by atoms with Crippen LogP contribution in [0.5, 0.6) is 0 Å². The van der Waals surface area contributed by atoms with Gasteiger partial charge in [0.1, 0.15) is 6.79 Å². The average Bonchev–Trinajstić information content (AvgIpc) is 2.69. The Morgan fingerprint density at radius 1 is 1.25 bits per heavy atom. The molecule has 16 heavy (non-hydrogen) atoms. The minimum Gasteiger partial charge on any atom is -0.481 e. The van der Waals surface area contributed by atoms with Crippen LogP contribution in [0.4, 0.5) is 0 Å². The Kier molecular flexibility index (Phi) is 4.70. The summed E-state index contributed by atoms with van der Waals surface area (Å²) < 4.78 is 14.6. The fourth-order valence-corrected chi connectivity index (χ4v) is 1.98. The van der Waals surface area contributed by atoms with Crippen molar-refractivity contribution < 1.29 is 28.9 Å². The maximum Gasteiger partial charge on any atom is 0.309 e. The minimum atomic E-state index is -0.987. The fourth-order valence-electron chi connectivity index (χ4n) is 1.98. The molecule has 0 aromatic heterocycles. The molecule has 0 saturated heterocycles. The topological polar surface area (TPSA) is 82.1 Å². The molecule has 0 amide bonds. The minimum absolute atomic E-state index is 0.102. The van der Waals surface area contributed by atoms with Crippen LogP contribution in [0.1, 0.15) is 12.8 Å². The molecule has 3 atom stereocenters. The lowest BCUT2D eigenvalue weighted by molar-refractivity contribution is -0.154. The number of carboxylic acids is 1. The molecule has 0 spiro atoms. The van der Waals surface area contributed by atoms with Gasteiger partial charge in [0.2, 0.25) is 0 Å². The van der Waals surface area contributed by atoms with Gasteiger partial charge < -0.3 is 19.3 Å². The lowest BCUT2D eigenvalue weighted by atomic mass is 9.97. The second-order valence-corrected chi connectivity index (χ2v) is 3.74. The van der Waals surface area contributed by atoms with E-state index >= 15 is 0 Å². The van der Waals surface area contributed by atoms with Crippen molar-refractivity contribution in [3.8, 4) is 0 Å². The van der Waals surface area contributed by atoms with Gasteiger partial charge in [0, 0.05) is 7.11 Å². The zero-order valence-electron chi connectivity index (χ0n) is 9.34. The van der Waals surface area contributed by atoms with Crippen molar-refractivity contribution in [2.75, 3.05) is 21.0 Å². The largest absolute Gasteiger partial charge is 0.481 e. The second kappa shape index (κ2) is 5.81. The molecule has 0 aliphatic heterocycles. The van der Waals surface area contributed by atoms with Crippen molar-refractivity contribution in [3.05, 3.63) is 0 Å². The summed E-state index contributed by atoms with van der Waals surface area (Å²) in [5.41, 5.74) is 0. The molecule has 0 aromatic carbocycles. The molecule has 1 aliphatic rings. The van der Waals surface area contributed by atoms with E-state index in [2.05, 4.69) is 4.74 Å². The Balaban J connectivity index is 2.61. The molecule has 92 valence electrons. The summed E-state index contributed by atoms with van der Waals surface area (Å²) in [6.07, 6.45) is 0.427. The quantitative estimate of drug-likeness (QED) is 0.541. The molecule has 0 heterocycles. The maximum atomic E-state index is 11.4. The smallest absolute Gasteiger partial charge is 0.309 e. The standard InChI is InChI=1S/C10H16O6/c1-14-5-16-6-3-7(9(11)12)8(4-6)10(13)15-2/h6-8H,3-5H2,1-2H3,(H,11,12)/t6-,7+,8-/m0/s1. The fraction of sp³-hybridized carbons (Fsp3) is 0.800. The summed E-state index contributed by atoms with van der Waals surface area (Å²) in [6, 6.07) is 0. The average molecular weight is 232 g/mol. The summed E-state index contributed by atoms with van der Waals surface area (Å²) in [5.74, 6) is -2.83. The van der Waals surface area contributed by atoms with Gasteiger partial charge in [-0.25, -0.2) is 0 Å². The van der Waals surface area contributed by atoms with Gasteiger partial charge in [-0.1, -0.05) is 0 Å². The van der Waals surface area contributed by atoms with Gasteiger partial charge >= 0.3 is 11.9 Å². The first kappa shape index (κ1) is 12.9. The SMILES string of the molecule is COCO[C@@H]1C[C@H](C(=O)OC)[C@H](C(=O)O)C1. The second-order valence-electron chi connectivity index (χ2n) is 3.74. The van der Waals surface area contributed by atoms with Gasteiger partial charge in [-0.15, -0.1) is 0 Å². The number of carbonyl (C=O) groups excluding carboxylic acids is 1. The highest BCUT2D eigenvalue weighted by molar-refractivity contribution is 5.81. The van der Waals surface area contributed by atoms with Gasteiger partial charge in [0.25, 0.3) is 0 Å². The molecule has 6 heteroatoms. The van der Waals surface area contributed by atoms with Crippen LogP contribution in [0, 0.1) is 11.8 Å². The number of hydrogen-bond acceptors (Lipinski definition) is 5. The van der Waals surface area contributed by atoms with Gasteiger partial charge in [0.15, 0.2) is 0 Å². The lowest BCUT2D eigenvalue weighted by Gasteiger charge is -2.11. The number of ether oxygens (including phenoxy) is 3. The van der Waals surface area contributed by atoms with Crippen molar-refractivity contribution in [2.24, 2.45) is 11.8 Å². The number of carbonyl (C=O) groups is 2. The molecule has 0 radical (unpaired) electrons. The molecule has 1 fully saturated rings. The number of methoxy groups -OCH3 is 2. The maximum absolute atomic E-state index is 11.4. The van der Waals surface area contributed by atoms with Crippen molar-refractivity contribution in [2.45, 2.75) is 18.9 Å². The molecule has 0 aromatic rings. The Morgan fingerprint density at radius 2 is 1.88 bits per heavy atom. The van der Waals surface area contributed by atoms with Crippen LogP contribution >= 0.6 is 0 Å². The molecule has 1 N–H and O–H groups in total. The Hall–Kier alpha value is -1.14. The molecule has 1 saturated carbocycles. The third kappa shape index (κ3) is 2.93. The van der Waals surface area contributed by atoms with Crippen LogP contribution in [-0.2, 0) is 23.8 Å². The number of rotatable bonds is 5.